The SMILES string of the molecule is O=C(CCCN1CCN(c2nnc(C(F)(F)F)s2)CC1)N1CCC(Nc2ccnc(C(F)(F)F)c2)CC1. The van der Waals surface area contributed by atoms with Gasteiger partial charge < -0.3 is 15.1 Å². The molecule has 15 heteroatoms. The van der Waals surface area contributed by atoms with Crippen molar-refractivity contribution in [1.29, 1.82) is 0 Å². The first-order valence-electron chi connectivity index (χ1n) is 11.9. The number of carbonyl (C=O) groups excluding carboxylic acids is 1. The zero-order valence-electron chi connectivity index (χ0n) is 19.9. The molecular formula is C22H27F6N7OS. The summed E-state index contributed by atoms with van der Waals surface area (Å²) in [5, 5.41) is 9.33. The Morgan fingerprint density at radius 3 is 2.32 bits per heavy atom. The van der Waals surface area contributed by atoms with Gasteiger partial charge >= 0.3 is 12.4 Å². The number of aromatic nitrogens is 3. The summed E-state index contributed by atoms with van der Waals surface area (Å²) in [7, 11) is 0. The van der Waals surface area contributed by atoms with Crippen LogP contribution in [-0.4, -0.2) is 82.7 Å². The topological polar surface area (TPSA) is 77.5 Å². The quantitative estimate of drug-likeness (QED) is 0.522. The Balaban J connectivity index is 1.13. The van der Waals surface area contributed by atoms with Gasteiger partial charge in [-0.05, 0) is 37.9 Å². The predicted molar refractivity (Wildman–Crippen MR) is 125 cm³/mol. The van der Waals surface area contributed by atoms with Crippen LogP contribution in [0.5, 0.6) is 0 Å². The van der Waals surface area contributed by atoms with E-state index in [1.54, 1.807) is 9.80 Å². The Hall–Kier alpha value is -2.68. The number of alkyl halides is 6. The monoisotopic (exact) mass is 551 g/mol. The number of halogens is 6. The van der Waals surface area contributed by atoms with Crippen LogP contribution in [0.15, 0.2) is 18.3 Å². The minimum absolute atomic E-state index is 0.0240. The third-order valence-electron chi connectivity index (χ3n) is 6.43. The van der Waals surface area contributed by atoms with Crippen LogP contribution < -0.4 is 10.2 Å². The molecule has 0 saturated carbocycles. The lowest BCUT2D eigenvalue weighted by atomic mass is 10.0. The number of nitrogens with one attached hydrogen (secondary N) is 1. The molecule has 0 radical (unpaired) electrons. The lowest BCUT2D eigenvalue weighted by molar-refractivity contribution is -0.141. The molecule has 4 heterocycles. The number of nitrogens with zero attached hydrogens (tertiary/aromatic N) is 6. The number of amides is 1. The minimum Gasteiger partial charge on any atom is -0.382 e. The maximum atomic E-state index is 12.9. The second kappa shape index (κ2) is 11.4. The normalized spacial score (nSPS) is 18.3. The maximum Gasteiger partial charge on any atom is 0.445 e. The molecule has 0 spiro atoms. The van der Waals surface area contributed by atoms with E-state index in [2.05, 4.69) is 25.4 Å². The summed E-state index contributed by atoms with van der Waals surface area (Å²) in [5.41, 5.74) is -0.582. The van der Waals surface area contributed by atoms with Gasteiger partial charge in [-0.25, -0.2) is 0 Å². The first-order valence-corrected chi connectivity index (χ1v) is 12.8. The van der Waals surface area contributed by atoms with Crippen LogP contribution in [-0.2, 0) is 17.1 Å². The van der Waals surface area contributed by atoms with Crippen LogP contribution in [0.1, 0.15) is 36.4 Å². The van der Waals surface area contributed by atoms with Crippen molar-refractivity contribution >= 4 is 28.1 Å². The molecule has 0 bridgehead atoms. The predicted octanol–water partition coefficient (Wildman–Crippen LogP) is 3.98. The Labute approximate surface area is 213 Å². The molecule has 2 aliphatic rings. The van der Waals surface area contributed by atoms with E-state index in [1.165, 1.54) is 6.07 Å². The van der Waals surface area contributed by atoms with E-state index in [1.807, 2.05) is 0 Å². The lowest BCUT2D eigenvalue weighted by Gasteiger charge is -2.35. The van der Waals surface area contributed by atoms with Crippen molar-refractivity contribution in [2.45, 2.75) is 44.1 Å². The van der Waals surface area contributed by atoms with E-state index in [0.717, 1.165) is 12.3 Å². The van der Waals surface area contributed by atoms with E-state index in [0.29, 0.717) is 88.5 Å². The molecule has 1 N–H and O–H groups in total. The van der Waals surface area contributed by atoms with Crippen molar-refractivity contribution in [3.63, 3.8) is 0 Å². The highest BCUT2D eigenvalue weighted by Gasteiger charge is 2.36. The molecule has 0 atom stereocenters. The summed E-state index contributed by atoms with van der Waals surface area (Å²) in [6.07, 6.45) is -5.52. The number of carbonyl (C=O) groups is 1. The van der Waals surface area contributed by atoms with Gasteiger partial charge in [-0.2, -0.15) is 26.3 Å². The van der Waals surface area contributed by atoms with Gasteiger partial charge in [0.15, 0.2) is 0 Å². The van der Waals surface area contributed by atoms with Crippen molar-refractivity contribution < 1.29 is 31.1 Å². The number of piperidine rings is 1. The van der Waals surface area contributed by atoms with Crippen LogP contribution in [0.3, 0.4) is 0 Å². The van der Waals surface area contributed by atoms with Gasteiger partial charge in [0.1, 0.15) is 5.69 Å². The zero-order valence-corrected chi connectivity index (χ0v) is 20.7. The zero-order chi connectivity index (χ0) is 26.6. The van der Waals surface area contributed by atoms with Gasteiger partial charge in [-0.15, -0.1) is 10.2 Å². The molecule has 2 saturated heterocycles. The van der Waals surface area contributed by atoms with Gasteiger partial charge in [0.25, 0.3) is 0 Å². The van der Waals surface area contributed by atoms with Gasteiger partial charge in [0.2, 0.25) is 16.0 Å². The average Bonchev–Trinajstić information content (AvgIpc) is 3.36. The van der Waals surface area contributed by atoms with Gasteiger partial charge in [-0.1, -0.05) is 11.3 Å². The van der Waals surface area contributed by atoms with Crippen LogP contribution >= 0.6 is 11.3 Å². The van der Waals surface area contributed by atoms with Crippen molar-refractivity contribution in [3.8, 4) is 0 Å². The molecule has 0 unspecified atom stereocenters. The van der Waals surface area contributed by atoms with E-state index in [4.69, 9.17) is 0 Å². The molecule has 2 aromatic heterocycles. The fraction of sp³-hybridized carbons (Fsp3) is 0.636. The molecule has 0 aliphatic carbocycles. The second-order valence-electron chi connectivity index (χ2n) is 9.05. The first kappa shape index (κ1) is 27.4. The van der Waals surface area contributed by atoms with Crippen LogP contribution in [0.4, 0.5) is 37.2 Å². The molecule has 2 aliphatic heterocycles. The molecule has 8 nitrogen and oxygen atoms in total. The molecule has 37 heavy (non-hydrogen) atoms. The third-order valence-corrected chi connectivity index (χ3v) is 7.46. The summed E-state index contributed by atoms with van der Waals surface area (Å²) in [6.45, 7) is 4.20. The van der Waals surface area contributed by atoms with Crippen molar-refractivity contribution in [2.75, 3.05) is 56.0 Å². The Bertz CT molecular complexity index is 1050. The Morgan fingerprint density at radius 2 is 1.70 bits per heavy atom. The number of likely N-dealkylation sites (tertiary alicyclic amines) is 1. The third kappa shape index (κ3) is 7.43. The molecule has 2 fully saturated rings. The maximum absolute atomic E-state index is 12.9. The standard InChI is InChI=1S/C22H27F6N7OS/c23-21(24,25)17-14-16(3-6-29-17)30-15-4-8-34(9-5-15)18(36)2-1-7-33-10-12-35(13-11-33)20-32-31-19(37-20)22(26,27)28/h3,6,14-15H,1-2,4-5,7-13H2,(H,29,30). The molecule has 1 amide bonds. The Morgan fingerprint density at radius 1 is 1.00 bits per heavy atom. The lowest BCUT2D eigenvalue weighted by Crippen LogP contribution is -2.47. The number of rotatable bonds is 7. The van der Waals surface area contributed by atoms with E-state index in [-0.39, 0.29) is 17.1 Å². The largest absolute Gasteiger partial charge is 0.445 e. The highest BCUT2D eigenvalue weighted by Crippen LogP contribution is 2.34. The summed E-state index contributed by atoms with van der Waals surface area (Å²) in [4.78, 5) is 21.7. The fourth-order valence-electron chi connectivity index (χ4n) is 4.42. The summed E-state index contributed by atoms with van der Waals surface area (Å²) in [6, 6.07) is 2.47. The molecule has 4 rings (SSSR count). The molecule has 0 aromatic carbocycles. The average molecular weight is 552 g/mol. The first-order chi connectivity index (χ1) is 17.5. The molecule has 204 valence electrons. The van der Waals surface area contributed by atoms with Gasteiger partial charge in [0, 0.05) is 63.6 Å². The van der Waals surface area contributed by atoms with Gasteiger partial charge in [-0.3, -0.25) is 14.7 Å². The van der Waals surface area contributed by atoms with Crippen LogP contribution in [0, 0.1) is 0 Å². The Kier molecular flexibility index (Phi) is 8.41. The van der Waals surface area contributed by atoms with Crippen molar-refractivity contribution in [2.24, 2.45) is 0 Å². The van der Waals surface area contributed by atoms with E-state index in [9.17, 15) is 31.1 Å². The molecular weight excluding hydrogens is 524 g/mol. The van der Waals surface area contributed by atoms with Crippen molar-refractivity contribution in [3.05, 3.63) is 29.0 Å². The number of hydrogen-bond acceptors (Lipinski definition) is 8. The second-order valence-corrected chi connectivity index (χ2v) is 10.0. The van der Waals surface area contributed by atoms with Crippen LogP contribution in [0.2, 0.25) is 0 Å². The number of pyridine rings is 1. The van der Waals surface area contributed by atoms with E-state index < -0.39 is 23.1 Å². The fourth-order valence-corrected chi connectivity index (χ4v) is 5.18. The highest BCUT2D eigenvalue weighted by molar-refractivity contribution is 7.15. The van der Waals surface area contributed by atoms with Gasteiger partial charge in [0.05, 0.1) is 0 Å². The highest BCUT2D eigenvalue weighted by atomic mass is 32.1. The number of anilines is 2. The summed E-state index contributed by atoms with van der Waals surface area (Å²) in [5.74, 6) is 0.0499. The van der Waals surface area contributed by atoms with Crippen LogP contribution in [0.25, 0.3) is 0 Å². The minimum atomic E-state index is -4.50. The summed E-state index contributed by atoms with van der Waals surface area (Å²) >= 11 is 0.545. The van der Waals surface area contributed by atoms with Crippen molar-refractivity contribution in [1.82, 2.24) is 25.0 Å². The molecule has 2 aromatic rings. The number of piperazine rings is 1. The smallest absolute Gasteiger partial charge is 0.382 e. The van der Waals surface area contributed by atoms with E-state index >= 15 is 0 Å². The summed E-state index contributed by atoms with van der Waals surface area (Å²) < 4.78 is 76.8. The number of hydrogen-bond donors (Lipinski definition) is 1.